The molecule has 0 aliphatic heterocycles. The van der Waals surface area contributed by atoms with E-state index in [1.807, 2.05) is 32.0 Å². The number of hydrogen-bond donors (Lipinski definition) is 1. The van der Waals surface area contributed by atoms with Crippen LogP contribution in [0.5, 0.6) is 0 Å². The molecule has 0 unspecified atom stereocenters. The van der Waals surface area contributed by atoms with Crippen molar-refractivity contribution in [2.24, 2.45) is 0 Å². The minimum absolute atomic E-state index is 0.0496. The van der Waals surface area contributed by atoms with Crippen LogP contribution in [0.25, 0.3) is 0 Å². The fourth-order valence-electron chi connectivity index (χ4n) is 1.32. The van der Waals surface area contributed by atoms with Crippen LogP contribution in [-0.4, -0.2) is 12.5 Å². The summed E-state index contributed by atoms with van der Waals surface area (Å²) in [5, 5.41) is 2.79. The summed E-state index contributed by atoms with van der Waals surface area (Å²) in [4.78, 5) is 11.7. The number of aryl methyl sites for hydroxylation is 2. The van der Waals surface area contributed by atoms with Gasteiger partial charge in [-0.1, -0.05) is 17.7 Å². The predicted octanol–water partition coefficient (Wildman–Crippen LogP) is 2.06. The molecular formula is C13H15NO. The van der Waals surface area contributed by atoms with Crippen LogP contribution in [0.2, 0.25) is 0 Å². The van der Waals surface area contributed by atoms with Crippen LogP contribution in [0, 0.1) is 26.2 Å². The maximum absolute atomic E-state index is 11.7. The minimum atomic E-state index is -0.0496. The Balaban J connectivity index is 2.73. The number of hydrogen-bond acceptors (Lipinski definition) is 1. The number of rotatable bonds is 3. The molecule has 0 saturated carbocycles. The lowest BCUT2D eigenvalue weighted by Gasteiger charge is -2.07. The molecule has 2 nitrogen and oxygen atoms in total. The average Bonchev–Trinajstić information content (AvgIpc) is 2.22. The second-order valence-corrected chi connectivity index (χ2v) is 3.53. The predicted molar refractivity (Wildman–Crippen MR) is 61.7 cm³/mol. The number of carbonyl (C=O) groups is 1. The molecule has 78 valence electrons. The molecule has 15 heavy (non-hydrogen) atoms. The van der Waals surface area contributed by atoms with Gasteiger partial charge in [-0.15, -0.1) is 12.3 Å². The van der Waals surface area contributed by atoms with Gasteiger partial charge in [-0.3, -0.25) is 4.79 Å². The van der Waals surface area contributed by atoms with Gasteiger partial charge in [-0.25, -0.2) is 0 Å². The Kier molecular flexibility index (Phi) is 3.93. The molecule has 0 aliphatic rings. The number of terminal acetylenes is 1. The van der Waals surface area contributed by atoms with Crippen LogP contribution < -0.4 is 5.32 Å². The van der Waals surface area contributed by atoms with Crippen LogP contribution in [0.1, 0.15) is 27.9 Å². The third-order valence-electron chi connectivity index (χ3n) is 2.19. The van der Waals surface area contributed by atoms with Gasteiger partial charge in [0.2, 0.25) is 0 Å². The van der Waals surface area contributed by atoms with Gasteiger partial charge in [0.1, 0.15) is 0 Å². The molecule has 0 saturated heterocycles. The van der Waals surface area contributed by atoms with E-state index in [0.29, 0.717) is 13.0 Å². The highest BCUT2D eigenvalue weighted by Crippen LogP contribution is 2.10. The third-order valence-corrected chi connectivity index (χ3v) is 2.19. The Morgan fingerprint density at radius 2 is 2.20 bits per heavy atom. The molecule has 0 bridgehead atoms. The highest BCUT2D eigenvalue weighted by Gasteiger charge is 2.07. The highest BCUT2D eigenvalue weighted by molar-refractivity contribution is 5.95. The van der Waals surface area contributed by atoms with E-state index in [4.69, 9.17) is 6.42 Å². The maximum Gasteiger partial charge on any atom is 0.251 e. The number of benzene rings is 1. The monoisotopic (exact) mass is 201 g/mol. The van der Waals surface area contributed by atoms with E-state index < -0.39 is 0 Å². The normalized spacial score (nSPS) is 9.40. The Hall–Kier alpha value is -1.75. The molecule has 0 aromatic heterocycles. The van der Waals surface area contributed by atoms with Crippen molar-refractivity contribution in [1.82, 2.24) is 5.32 Å². The lowest BCUT2D eigenvalue weighted by atomic mass is 10.1. The van der Waals surface area contributed by atoms with Crippen molar-refractivity contribution in [1.29, 1.82) is 0 Å². The average molecular weight is 201 g/mol. The third kappa shape index (κ3) is 3.14. The van der Waals surface area contributed by atoms with E-state index in [1.165, 1.54) is 0 Å². The largest absolute Gasteiger partial charge is 0.351 e. The molecule has 0 aliphatic carbocycles. The topological polar surface area (TPSA) is 29.1 Å². The SMILES string of the molecule is C#CCCNC(=O)c1cc(C)ccc1C. The summed E-state index contributed by atoms with van der Waals surface area (Å²) in [5.74, 6) is 2.44. The van der Waals surface area contributed by atoms with Gasteiger partial charge in [0.05, 0.1) is 0 Å². The molecule has 1 N–H and O–H groups in total. The van der Waals surface area contributed by atoms with Gasteiger partial charge in [0.15, 0.2) is 0 Å². The van der Waals surface area contributed by atoms with Crippen molar-refractivity contribution in [2.45, 2.75) is 20.3 Å². The Labute approximate surface area is 90.7 Å². The first-order valence-corrected chi connectivity index (χ1v) is 4.94. The van der Waals surface area contributed by atoms with Crippen molar-refractivity contribution >= 4 is 5.91 Å². The van der Waals surface area contributed by atoms with Crippen LogP contribution in [0.15, 0.2) is 18.2 Å². The van der Waals surface area contributed by atoms with Crippen LogP contribution in [-0.2, 0) is 0 Å². The zero-order valence-electron chi connectivity index (χ0n) is 9.13. The summed E-state index contributed by atoms with van der Waals surface area (Å²) in [6, 6.07) is 5.83. The number of amides is 1. The Morgan fingerprint density at radius 1 is 1.47 bits per heavy atom. The van der Waals surface area contributed by atoms with Gasteiger partial charge < -0.3 is 5.32 Å². The van der Waals surface area contributed by atoms with Gasteiger partial charge in [0, 0.05) is 18.5 Å². The zero-order chi connectivity index (χ0) is 11.3. The molecule has 2 heteroatoms. The van der Waals surface area contributed by atoms with Gasteiger partial charge >= 0.3 is 0 Å². The van der Waals surface area contributed by atoms with E-state index in [9.17, 15) is 4.79 Å². The summed E-state index contributed by atoms with van der Waals surface area (Å²) in [7, 11) is 0. The summed E-state index contributed by atoms with van der Waals surface area (Å²) in [6.45, 7) is 4.43. The molecule has 0 radical (unpaired) electrons. The molecule has 1 aromatic rings. The van der Waals surface area contributed by atoms with E-state index in [1.54, 1.807) is 0 Å². The summed E-state index contributed by atoms with van der Waals surface area (Å²) >= 11 is 0. The van der Waals surface area contributed by atoms with Gasteiger partial charge in [-0.2, -0.15) is 0 Å². The fraction of sp³-hybridized carbons (Fsp3) is 0.308. The first-order chi connectivity index (χ1) is 7.15. The number of carbonyl (C=O) groups excluding carboxylic acids is 1. The second-order valence-electron chi connectivity index (χ2n) is 3.53. The number of nitrogens with one attached hydrogen (secondary N) is 1. The van der Waals surface area contributed by atoms with E-state index in [-0.39, 0.29) is 5.91 Å². The standard InChI is InChI=1S/C13H15NO/c1-4-5-8-14-13(15)12-9-10(2)6-7-11(12)3/h1,6-7,9H,5,8H2,2-3H3,(H,14,15). The van der Waals surface area contributed by atoms with Gasteiger partial charge in [0.25, 0.3) is 5.91 Å². The summed E-state index contributed by atoms with van der Waals surface area (Å²) in [6.07, 6.45) is 5.67. The molecule has 0 atom stereocenters. The second kappa shape index (κ2) is 5.21. The van der Waals surface area contributed by atoms with E-state index in [0.717, 1.165) is 16.7 Å². The molecule has 1 amide bonds. The lowest BCUT2D eigenvalue weighted by molar-refractivity contribution is 0.0954. The minimum Gasteiger partial charge on any atom is -0.351 e. The van der Waals surface area contributed by atoms with Crippen molar-refractivity contribution in [3.63, 3.8) is 0 Å². The van der Waals surface area contributed by atoms with Gasteiger partial charge in [-0.05, 0) is 25.5 Å². The maximum atomic E-state index is 11.7. The first-order valence-electron chi connectivity index (χ1n) is 4.94. The molecular weight excluding hydrogens is 186 g/mol. The summed E-state index contributed by atoms with van der Waals surface area (Å²) in [5.41, 5.74) is 2.80. The van der Waals surface area contributed by atoms with Crippen molar-refractivity contribution in [3.05, 3.63) is 34.9 Å². The van der Waals surface area contributed by atoms with Crippen molar-refractivity contribution in [3.8, 4) is 12.3 Å². The van der Waals surface area contributed by atoms with Crippen LogP contribution >= 0.6 is 0 Å². The Bertz CT molecular complexity index is 401. The fourth-order valence-corrected chi connectivity index (χ4v) is 1.32. The molecule has 0 spiro atoms. The summed E-state index contributed by atoms with van der Waals surface area (Å²) < 4.78 is 0. The van der Waals surface area contributed by atoms with E-state index >= 15 is 0 Å². The lowest BCUT2D eigenvalue weighted by Crippen LogP contribution is -2.25. The molecule has 1 rings (SSSR count). The smallest absolute Gasteiger partial charge is 0.251 e. The van der Waals surface area contributed by atoms with E-state index in [2.05, 4.69) is 11.2 Å². The van der Waals surface area contributed by atoms with Crippen molar-refractivity contribution in [2.75, 3.05) is 6.54 Å². The van der Waals surface area contributed by atoms with Crippen LogP contribution in [0.3, 0.4) is 0 Å². The Morgan fingerprint density at radius 3 is 2.87 bits per heavy atom. The quantitative estimate of drug-likeness (QED) is 0.588. The first kappa shape index (κ1) is 11.3. The molecule has 1 aromatic carbocycles. The van der Waals surface area contributed by atoms with Crippen molar-refractivity contribution < 1.29 is 4.79 Å². The molecule has 0 fully saturated rings. The highest BCUT2D eigenvalue weighted by atomic mass is 16.1. The zero-order valence-corrected chi connectivity index (χ0v) is 9.13. The van der Waals surface area contributed by atoms with Crippen LogP contribution in [0.4, 0.5) is 0 Å². The molecule has 0 heterocycles.